The second kappa shape index (κ2) is 9.68. The Balaban J connectivity index is 1.62. The van der Waals surface area contributed by atoms with Crippen molar-refractivity contribution in [3.8, 4) is 0 Å². The van der Waals surface area contributed by atoms with Crippen LogP contribution in [-0.4, -0.2) is 24.7 Å². The van der Waals surface area contributed by atoms with Gasteiger partial charge in [-0.2, -0.15) is 5.10 Å². The molecule has 0 aliphatic carbocycles. The van der Waals surface area contributed by atoms with Crippen molar-refractivity contribution in [3.63, 3.8) is 0 Å². The molecule has 3 aromatic carbocycles. The molecule has 1 aliphatic heterocycles. The lowest BCUT2D eigenvalue weighted by atomic mass is 10.0. The molecule has 0 spiro atoms. The molecule has 0 unspecified atom stereocenters. The summed E-state index contributed by atoms with van der Waals surface area (Å²) < 4.78 is 40.5. The van der Waals surface area contributed by atoms with Gasteiger partial charge in [0.1, 0.15) is 17.5 Å². The van der Waals surface area contributed by atoms with Gasteiger partial charge >= 0.3 is 0 Å². The highest BCUT2D eigenvalue weighted by Crippen LogP contribution is 2.22. The van der Waals surface area contributed by atoms with Gasteiger partial charge in [-0.1, -0.05) is 12.1 Å². The van der Waals surface area contributed by atoms with Crippen molar-refractivity contribution in [2.45, 2.75) is 19.3 Å². The summed E-state index contributed by atoms with van der Waals surface area (Å²) in [4.78, 5) is 14.7. The number of benzene rings is 3. The normalized spacial score (nSPS) is 14.3. The van der Waals surface area contributed by atoms with Gasteiger partial charge in [-0.15, -0.1) is 0 Å². The fourth-order valence-corrected chi connectivity index (χ4v) is 3.73. The van der Waals surface area contributed by atoms with E-state index in [2.05, 4.69) is 15.4 Å². The Morgan fingerprint density at radius 2 is 1.38 bits per heavy atom. The number of carbonyl (C=O) groups is 1. The zero-order valence-corrected chi connectivity index (χ0v) is 17.3. The van der Waals surface area contributed by atoms with Crippen molar-refractivity contribution >= 4 is 17.3 Å². The van der Waals surface area contributed by atoms with Crippen molar-refractivity contribution in [3.05, 3.63) is 101 Å². The maximum absolute atomic E-state index is 13.9. The van der Waals surface area contributed by atoms with E-state index < -0.39 is 23.4 Å². The number of nitrogens with zero attached hydrogens (tertiary/aromatic N) is 2. The Kier molecular flexibility index (Phi) is 6.54. The van der Waals surface area contributed by atoms with Crippen LogP contribution in [0.25, 0.3) is 0 Å². The highest BCUT2D eigenvalue weighted by Gasteiger charge is 2.15. The van der Waals surface area contributed by atoms with Crippen LogP contribution < -0.4 is 10.3 Å². The first-order chi connectivity index (χ1) is 15.5. The first-order valence-electron chi connectivity index (χ1n) is 10.5. The van der Waals surface area contributed by atoms with Crippen LogP contribution in [0.5, 0.6) is 0 Å². The zero-order valence-electron chi connectivity index (χ0n) is 17.3. The molecule has 0 aromatic heterocycles. The second-order valence-electron chi connectivity index (χ2n) is 7.63. The lowest BCUT2D eigenvalue weighted by Crippen LogP contribution is -2.29. The lowest BCUT2D eigenvalue weighted by Gasteiger charge is -2.28. The number of rotatable bonds is 5. The third kappa shape index (κ3) is 4.99. The number of amides is 1. The molecule has 0 bridgehead atoms. The fourth-order valence-electron chi connectivity index (χ4n) is 3.73. The first-order valence-corrected chi connectivity index (χ1v) is 10.5. The highest BCUT2D eigenvalue weighted by atomic mass is 19.1. The Labute approximate surface area is 184 Å². The molecule has 3 aromatic rings. The average Bonchev–Trinajstić information content (AvgIpc) is 2.81. The van der Waals surface area contributed by atoms with Crippen LogP contribution >= 0.6 is 0 Å². The smallest absolute Gasteiger partial charge is 0.274 e. The number of anilines is 1. The number of hydrazone groups is 1. The maximum Gasteiger partial charge on any atom is 0.274 e. The van der Waals surface area contributed by atoms with Crippen molar-refractivity contribution in [2.75, 3.05) is 18.0 Å². The molecule has 1 N–H and O–H groups in total. The topological polar surface area (TPSA) is 44.7 Å². The molecule has 0 radical (unpaired) electrons. The van der Waals surface area contributed by atoms with Crippen LogP contribution in [0.2, 0.25) is 0 Å². The number of halogens is 3. The first kappa shape index (κ1) is 21.6. The monoisotopic (exact) mass is 437 g/mol. The maximum atomic E-state index is 13.9. The van der Waals surface area contributed by atoms with E-state index in [1.54, 1.807) is 12.1 Å². The molecule has 4 nitrogen and oxygen atoms in total. The zero-order chi connectivity index (χ0) is 22.5. The fraction of sp³-hybridized carbons (Fsp3) is 0.200. The minimum absolute atomic E-state index is 0.325. The van der Waals surface area contributed by atoms with Crippen LogP contribution in [0.1, 0.15) is 40.7 Å². The molecule has 0 atom stereocenters. The number of hydrogen-bond acceptors (Lipinski definition) is 3. The molecule has 0 saturated carbocycles. The summed E-state index contributed by atoms with van der Waals surface area (Å²) in [5.74, 6) is -2.96. The van der Waals surface area contributed by atoms with Gasteiger partial charge in [0.05, 0.1) is 11.3 Å². The van der Waals surface area contributed by atoms with Crippen molar-refractivity contribution in [2.24, 2.45) is 5.10 Å². The van der Waals surface area contributed by atoms with Crippen LogP contribution in [-0.2, 0) is 0 Å². The van der Waals surface area contributed by atoms with Gasteiger partial charge in [-0.3, -0.25) is 4.79 Å². The molecule has 32 heavy (non-hydrogen) atoms. The summed E-state index contributed by atoms with van der Waals surface area (Å²) >= 11 is 0. The van der Waals surface area contributed by atoms with E-state index >= 15 is 0 Å². The molecule has 7 heteroatoms. The molecule has 1 saturated heterocycles. The summed E-state index contributed by atoms with van der Waals surface area (Å²) in [6.07, 6.45) is 3.57. The predicted molar refractivity (Wildman–Crippen MR) is 118 cm³/mol. The largest absolute Gasteiger partial charge is 0.372 e. The SMILES string of the molecule is O=C(N/N=C(\c1ccc(F)cc1)c1ccc(N2CCCCC2)cc1)c1ccc(F)cc1F. The van der Waals surface area contributed by atoms with Crippen molar-refractivity contribution in [1.82, 2.24) is 5.43 Å². The minimum Gasteiger partial charge on any atom is -0.372 e. The van der Waals surface area contributed by atoms with E-state index in [1.165, 1.54) is 18.6 Å². The molecule has 4 rings (SSSR count). The van der Waals surface area contributed by atoms with Crippen molar-refractivity contribution in [1.29, 1.82) is 0 Å². The van der Waals surface area contributed by atoms with E-state index in [1.807, 2.05) is 24.3 Å². The second-order valence-corrected chi connectivity index (χ2v) is 7.63. The molecule has 164 valence electrons. The Hall–Kier alpha value is -3.61. The number of carbonyl (C=O) groups excluding carboxylic acids is 1. The molecule has 1 heterocycles. The van der Waals surface area contributed by atoms with E-state index in [-0.39, 0.29) is 5.56 Å². The predicted octanol–water partition coefficient (Wildman–Crippen LogP) is 5.28. The number of nitrogens with one attached hydrogen (secondary N) is 1. The number of piperidine rings is 1. The van der Waals surface area contributed by atoms with Gasteiger partial charge in [0.2, 0.25) is 0 Å². The summed E-state index contributed by atoms with van der Waals surface area (Å²) in [5, 5.41) is 4.20. The van der Waals surface area contributed by atoms with E-state index in [0.29, 0.717) is 22.9 Å². The Morgan fingerprint density at radius 1 is 0.781 bits per heavy atom. The van der Waals surface area contributed by atoms with Gasteiger partial charge in [-0.05, 0) is 67.8 Å². The summed E-state index contributed by atoms with van der Waals surface area (Å²) in [6.45, 7) is 2.02. The standard InChI is InChI=1S/C25H22F3N3O/c26-19-8-4-17(5-9-19)24(29-30-25(32)22-13-10-20(27)16-23(22)28)18-6-11-21(12-7-18)31-14-2-1-3-15-31/h4-13,16H,1-3,14-15H2,(H,30,32)/b29-24+. The quantitative estimate of drug-likeness (QED) is 0.436. The van der Waals surface area contributed by atoms with Crippen LogP contribution in [0.3, 0.4) is 0 Å². The minimum atomic E-state index is -0.980. The third-order valence-corrected chi connectivity index (χ3v) is 5.42. The van der Waals surface area contributed by atoms with Gasteiger partial charge in [0.15, 0.2) is 0 Å². The Morgan fingerprint density at radius 3 is 2.00 bits per heavy atom. The van der Waals surface area contributed by atoms with E-state index in [9.17, 15) is 18.0 Å². The average molecular weight is 437 g/mol. The molecule has 1 fully saturated rings. The van der Waals surface area contributed by atoms with E-state index in [0.717, 1.165) is 43.8 Å². The molecule has 1 amide bonds. The van der Waals surface area contributed by atoms with Crippen LogP contribution in [0, 0.1) is 17.5 Å². The third-order valence-electron chi connectivity index (χ3n) is 5.42. The van der Waals surface area contributed by atoms with Gasteiger partial charge < -0.3 is 4.90 Å². The van der Waals surface area contributed by atoms with E-state index in [4.69, 9.17) is 0 Å². The summed E-state index contributed by atoms with van der Waals surface area (Å²) in [5.41, 5.74) is 4.79. The highest BCUT2D eigenvalue weighted by molar-refractivity contribution is 6.13. The van der Waals surface area contributed by atoms with Gasteiger partial charge in [0, 0.05) is 36.0 Å². The molecular formula is C25H22F3N3O. The molecule has 1 aliphatic rings. The summed E-state index contributed by atoms with van der Waals surface area (Å²) in [7, 11) is 0. The number of hydrogen-bond donors (Lipinski definition) is 1. The van der Waals surface area contributed by atoms with Gasteiger partial charge in [-0.25, -0.2) is 18.6 Å². The Bertz CT molecular complexity index is 1120. The molecular weight excluding hydrogens is 415 g/mol. The van der Waals surface area contributed by atoms with Gasteiger partial charge in [0.25, 0.3) is 5.91 Å². The van der Waals surface area contributed by atoms with Crippen molar-refractivity contribution < 1.29 is 18.0 Å². The van der Waals surface area contributed by atoms with Crippen LogP contribution in [0.15, 0.2) is 71.8 Å². The lowest BCUT2D eigenvalue weighted by molar-refractivity contribution is 0.0951. The summed E-state index contributed by atoms with van der Waals surface area (Å²) in [6, 6.07) is 16.1. The van der Waals surface area contributed by atoms with Crippen LogP contribution in [0.4, 0.5) is 18.9 Å².